The molecule has 2 amide bonds. The molecule has 3 aromatic rings. The van der Waals surface area contributed by atoms with Crippen molar-refractivity contribution < 1.29 is 9.59 Å². The van der Waals surface area contributed by atoms with E-state index in [9.17, 15) is 9.59 Å². The Balaban J connectivity index is 1.50. The van der Waals surface area contributed by atoms with Gasteiger partial charge in [-0.25, -0.2) is 4.98 Å². The maximum atomic E-state index is 13.2. The van der Waals surface area contributed by atoms with Gasteiger partial charge in [-0.2, -0.15) is 0 Å². The molecule has 31 heavy (non-hydrogen) atoms. The molecular formula is C23H26N4O2S2. The van der Waals surface area contributed by atoms with E-state index in [1.165, 1.54) is 41.1 Å². The quantitative estimate of drug-likeness (QED) is 0.526. The second kappa shape index (κ2) is 8.24. The molecular weight excluding hydrogens is 428 g/mol. The summed E-state index contributed by atoms with van der Waals surface area (Å²) in [6.07, 6.45) is 10.7. The van der Waals surface area contributed by atoms with E-state index in [4.69, 9.17) is 16.5 Å². The summed E-state index contributed by atoms with van der Waals surface area (Å²) in [5.41, 5.74) is 16.4. The molecule has 0 spiro atoms. The fourth-order valence-corrected chi connectivity index (χ4v) is 7.04. The second-order valence-corrected chi connectivity index (χ2v) is 10.5. The lowest BCUT2D eigenvalue weighted by Crippen LogP contribution is -2.18. The van der Waals surface area contributed by atoms with Gasteiger partial charge in [0, 0.05) is 16.0 Å². The van der Waals surface area contributed by atoms with Crippen molar-refractivity contribution in [3.63, 3.8) is 0 Å². The molecule has 0 aliphatic heterocycles. The summed E-state index contributed by atoms with van der Waals surface area (Å²) in [6, 6.07) is 2.13. The van der Waals surface area contributed by atoms with Crippen LogP contribution in [0.2, 0.25) is 0 Å². The second-order valence-electron chi connectivity index (χ2n) is 8.44. The van der Waals surface area contributed by atoms with Gasteiger partial charge in [0.05, 0.1) is 11.3 Å². The number of aryl methyl sites for hydroxylation is 3. The first-order chi connectivity index (χ1) is 15.0. The van der Waals surface area contributed by atoms with Crippen molar-refractivity contribution >= 4 is 55.4 Å². The fraction of sp³-hybridized carbons (Fsp3) is 0.435. The van der Waals surface area contributed by atoms with Crippen molar-refractivity contribution in [2.45, 2.75) is 64.2 Å². The maximum absolute atomic E-state index is 13.2. The number of amides is 2. The number of aromatic nitrogens is 1. The number of hydrogen-bond acceptors (Lipinski definition) is 6. The lowest BCUT2D eigenvalue weighted by atomic mass is 9.95. The summed E-state index contributed by atoms with van der Waals surface area (Å²) < 4.78 is 0. The molecule has 0 saturated heterocycles. The Morgan fingerprint density at radius 2 is 1.71 bits per heavy atom. The van der Waals surface area contributed by atoms with Crippen molar-refractivity contribution in [2.75, 3.05) is 11.1 Å². The van der Waals surface area contributed by atoms with Crippen molar-refractivity contribution in [3.8, 4) is 0 Å². The standard InChI is InChI=1S/C23H26N4O2S2/c24-18-14-11-12-7-3-1-2-4-9-15(12)26-22(14)31-19(18)21(29)27-23-17(20(25)28)13-8-5-6-10-16(13)30-23/h11H,1-10,24H2,(H2,25,28)(H,27,29). The molecule has 0 unspecified atom stereocenters. The Bertz CT molecular complexity index is 1190. The molecule has 8 heteroatoms. The van der Waals surface area contributed by atoms with E-state index in [2.05, 4.69) is 11.4 Å². The highest BCUT2D eigenvalue weighted by molar-refractivity contribution is 7.21. The third-order valence-corrected chi connectivity index (χ3v) is 8.67. The summed E-state index contributed by atoms with van der Waals surface area (Å²) in [5, 5.41) is 4.34. The molecule has 6 nitrogen and oxygen atoms in total. The minimum atomic E-state index is -0.486. The number of nitrogens with two attached hydrogens (primary N) is 2. The van der Waals surface area contributed by atoms with Gasteiger partial charge in [-0.05, 0) is 68.6 Å². The van der Waals surface area contributed by atoms with E-state index in [1.54, 1.807) is 0 Å². The largest absolute Gasteiger partial charge is 0.397 e. The van der Waals surface area contributed by atoms with E-state index >= 15 is 0 Å². The number of carbonyl (C=O) groups excluding carboxylic acids is 2. The van der Waals surface area contributed by atoms with Gasteiger partial charge in [-0.15, -0.1) is 22.7 Å². The van der Waals surface area contributed by atoms with Crippen molar-refractivity contribution in [3.05, 3.63) is 38.2 Å². The van der Waals surface area contributed by atoms with Crippen molar-refractivity contribution in [1.29, 1.82) is 0 Å². The van der Waals surface area contributed by atoms with Crippen LogP contribution in [-0.2, 0) is 25.7 Å². The monoisotopic (exact) mass is 454 g/mol. The number of fused-ring (bicyclic) bond motifs is 3. The molecule has 3 aromatic heterocycles. The van der Waals surface area contributed by atoms with Gasteiger partial charge in [0.2, 0.25) is 0 Å². The Morgan fingerprint density at radius 1 is 0.968 bits per heavy atom. The predicted molar refractivity (Wildman–Crippen MR) is 127 cm³/mol. The van der Waals surface area contributed by atoms with Crippen LogP contribution in [0.4, 0.5) is 10.7 Å². The minimum Gasteiger partial charge on any atom is -0.397 e. The van der Waals surface area contributed by atoms with Crippen LogP contribution in [-0.4, -0.2) is 16.8 Å². The first-order valence-corrected chi connectivity index (χ1v) is 12.6. The number of anilines is 2. The van der Waals surface area contributed by atoms with Crippen molar-refractivity contribution in [2.24, 2.45) is 5.73 Å². The van der Waals surface area contributed by atoms with Crippen LogP contribution in [0.5, 0.6) is 0 Å². The average molecular weight is 455 g/mol. The molecule has 0 fully saturated rings. The molecule has 3 heterocycles. The number of primary amides is 1. The first-order valence-electron chi connectivity index (χ1n) is 11.0. The van der Waals surface area contributed by atoms with Crippen LogP contribution in [0.1, 0.15) is 80.3 Å². The highest BCUT2D eigenvalue weighted by Crippen LogP contribution is 2.40. The zero-order valence-electron chi connectivity index (χ0n) is 17.4. The van der Waals surface area contributed by atoms with Gasteiger partial charge in [-0.1, -0.05) is 12.8 Å². The molecule has 0 radical (unpaired) electrons. The molecule has 0 saturated carbocycles. The topological polar surface area (TPSA) is 111 Å². The Morgan fingerprint density at radius 3 is 2.52 bits per heavy atom. The van der Waals surface area contributed by atoms with Crippen LogP contribution in [0.3, 0.4) is 0 Å². The van der Waals surface area contributed by atoms with Gasteiger partial charge < -0.3 is 16.8 Å². The van der Waals surface area contributed by atoms with Crippen LogP contribution in [0.25, 0.3) is 10.2 Å². The maximum Gasteiger partial charge on any atom is 0.268 e. The molecule has 2 aliphatic carbocycles. The van der Waals surface area contributed by atoms with E-state index < -0.39 is 5.91 Å². The number of nitrogen functional groups attached to an aromatic ring is 1. The van der Waals surface area contributed by atoms with E-state index in [1.807, 2.05) is 0 Å². The van der Waals surface area contributed by atoms with Gasteiger partial charge in [0.25, 0.3) is 11.8 Å². The summed E-state index contributed by atoms with van der Waals surface area (Å²) in [7, 11) is 0. The first kappa shape index (κ1) is 20.5. The Kier molecular flexibility index (Phi) is 5.44. The number of pyridine rings is 1. The normalized spacial score (nSPS) is 16.3. The SMILES string of the molecule is NC(=O)c1c(NC(=O)c2sc3nc4c(cc3c2N)CCCCCC4)sc2c1CCCC2. The van der Waals surface area contributed by atoms with Gasteiger partial charge in [0.1, 0.15) is 14.7 Å². The summed E-state index contributed by atoms with van der Waals surface area (Å²) >= 11 is 2.79. The average Bonchev–Trinajstić information content (AvgIpc) is 3.25. The highest BCUT2D eigenvalue weighted by Gasteiger charge is 2.27. The summed E-state index contributed by atoms with van der Waals surface area (Å²) in [6.45, 7) is 0. The highest BCUT2D eigenvalue weighted by atomic mass is 32.1. The number of hydrogen-bond donors (Lipinski definition) is 3. The Hall–Kier alpha value is -2.45. The minimum absolute atomic E-state index is 0.297. The summed E-state index contributed by atoms with van der Waals surface area (Å²) in [5.74, 6) is -0.783. The molecule has 0 aromatic carbocycles. The lowest BCUT2D eigenvalue weighted by Gasteiger charge is -2.12. The number of rotatable bonds is 3. The summed E-state index contributed by atoms with van der Waals surface area (Å²) in [4.78, 5) is 32.6. The third-order valence-electron chi connectivity index (χ3n) is 6.35. The molecule has 0 atom stereocenters. The van der Waals surface area contributed by atoms with E-state index in [0.717, 1.165) is 77.7 Å². The van der Waals surface area contributed by atoms with Crippen LogP contribution >= 0.6 is 22.7 Å². The van der Waals surface area contributed by atoms with Crippen LogP contribution < -0.4 is 16.8 Å². The van der Waals surface area contributed by atoms with Gasteiger partial charge in [0.15, 0.2) is 0 Å². The van der Waals surface area contributed by atoms with Gasteiger partial charge in [-0.3, -0.25) is 9.59 Å². The van der Waals surface area contributed by atoms with E-state index in [-0.39, 0.29) is 5.91 Å². The number of carbonyl (C=O) groups is 2. The van der Waals surface area contributed by atoms with Gasteiger partial charge >= 0.3 is 0 Å². The Labute approximate surface area is 189 Å². The molecule has 162 valence electrons. The number of nitrogens with zero attached hydrogens (tertiary/aromatic N) is 1. The third kappa shape index (κ3) is 3.72. The smallest absolute Gasteiger partial charge is 0.268 e. The molecule has 0 bridgehead atoms. The van der Waals surface area contributed by atoms with Crippen molar-refractivity contribution in [1.82, 2.24) is 4.98 Å². The molecule has 5 rings (SSSR count). The lowest BCUT2D eigenvalue weighted by molar-refractivity contribution is 0.100. The predicted octanol–water partition coefficient (Wildman–Crippen LogP) is 4.83. The zero-order chi connectivity index (χ0) is 21.5. The molecule has 5 N–H and O–H groups in total. The van der Waals surface area contributed by atoms with E-state index in [0.29, 0.717) is 21.1 Å². The zero-order valence-corrected chi connectivity index (χ0v) is 19.0. The number of thiophene rings is 2. The molecule has 2 aliphatic rings. The fourth-order valence-electron chi connectivity index (χ4n) is 4.76. The number of nitrogens with one attached hydrogen (secondary N) is 1. The van der Waals surface area contributed by atoms with Crippen LogP contribution in [0, 0.1) is 0 Å². The van der Waals surface area contributed by atoms with Crippen LogP contribution in [0.15, 0.2) is 6.07 Å².